The fraction of sp³-hybridized carbons (Fsp3) is 0.182. The first-order valence-electron chi connectivity index (χ1n) is 9.36. The van der Waals surface area contributed by atoms with Crippen LogP contribution in [0.25, 0.3) is 0 Å². The average Bonchev–Trinajstić information content (AvgIpc) is 2.77. The summed E-state index contributed by atoms with van der Waals surface area (Å²) >= 11 is 0. The molecule has 0 unspecified atom stereocenters. The molecule has 3 rings (SSSR count). The van der Waals surface area contributed by atoms with Crippen molar-refractivity contribution in [1.29, 1.82) is 0 Å². The van der Waals surface area contributed by atoms with Crippen LogP contribution in [0.15, 0.2) is 71.9 Å². The summed E-state index contributed by atoms with van der Waals surface area (Å²) in [5, 5.41) is 2.66. The number of nitrogens with one attached hydrogen (secondary N) is 1. The lowest BCUT2D eigenvalue weighted by molar-refractivity contribution is -0.114. The van der Waals surface area contributed by atoms with Gasteiger partial charge in [-0.25, -0.2) is 8.42 Å². The molecule has 0 atom stereocenters. The van der Waals surface area contributed by atoms with Crippen molar-refractivity contribution >= 4 is 27.3 Å². The van der Waals surface area contributed by atoms with Crippen LogP contribution in [0, 0.1) is 6.92 Å². The molecular weight excluding hydrogens is 418 g/mol. The van der Waals surface area contributed by atoms with Gasteiger partial charge in [0, 0.05) is 12.3 Å². The van der Waals surface area contributed by atoms with Gasteiger partial charge in [-0.3, -0.25) is 14.1 Å². The van der Waals surface area contributed by atoms with Crippen LogP contribution in [-0.2, 0) is 14.8 Å². The monoisotopic (exact) mass is 441 g/mol. The smallest absolute Gasteiger partial charge is 0.264 e. The Morgan fingerprint density at radius 3 is 2.52 bits per heavy atom. The van der Waals surface area contributed by atoms with Crippen LogP contribution in [0.4, 0.5) is 11.4 Å². The summed E-state index contributed by atoms with van der Waals surface area (Å²) in [4.78, 5) is 16.8. The second-order valence-corrected chi connectivity index (χ2v) is 8.52. The molecule has 8 nitrogen and oxygen atoms in total. The largest absolute Gasteiger partial charge is 0.497 e. The predicted octanol–water partition coefficient (Wildman–Crippen LogP) is 3.24. The number of aromatic nitrogens is 1. The van der Waals surface area contributed by atoms with Crippen LogP contribution in [0.5, 0.6) is 11.5 Å². The second-order valence-electron chi connectivity index (χ2n) is 6.66. The van der Waals surface area contributed by atoms with Gasteiger partial charge in [0.15, 0.2) is 0 Å². The summed E-state index contributed by atoms with van der Waals surface area (Å²) < 4.78 is 38.8. The molecule has 1 amide bonds. The van der Waals surface area contributed by atoms with Crippen molar-refractivity contribution in [3.8, 4) is 11.5 Å². The van der Waals surface area contributed by atoms with E-state index in [1.165, 1.54) is 32.5 Å². The number of rotatable bonds is 8. The molecule has 1 N–H and O–H groups in total. The van der Waals surface area contributed by atoms with E-state index in [0.717, 1.165) is 9.87 Å². The summed E-state index contributed by atoms with van der Waals surface area (Å²) in [6, 6.07) is 14.6. The zero-order valence-electron chi connectivity index (χ0n) is 17.4. The van der Waals surface area contributed by atoms with E-state index in [1.807, 2.05) is 0 Å². The third-order valence-corrected chi connectivity index (χ3v) is 6.22. The Kier molecular flexibility index (Phi) is 6.76. The number of benzene rings is 2. The van der Waals surface area contributed by atoms with Gasteiger partial charge in [0.2, 0.25) is 5.91 Å². The second kappa shape index (κ2) is 9.48. The molecule has 9 heteroatoms. The van der Waals surface area contributed by atoms with E-state index in [9.17, 15) is 13.2 Å². The Bertz CT molecular complexity index is 1170. The number of anilines is 2. The molecule has 0 aliphatic carbocycles. The van der Waals surface area contributed by atoms with E-state index < -0.39 is 22.5 Å². The van der Waals surface area contributed by atoms with Crippen molar-refractivity contribution in [3.05, 3.63) is 72.6 Å². The van der Waals surface area contributed by atoms with Gasteiger partial charge in [-0.1, -0.05) is 12.1 Å². The summed E-state index contributed by atoms with van der Waals surface area (Å²) in [5.74, 6) is 0.174. The molecule has 0 aliphatic heterocycles. The number of hydrogen-bond donors (Lipinski definition) is 1. The van der Waals surface area contributed by atoms with Crippen LogP contribution in [0.2, 0.25) is 0 Å². The van der Waals surface area contributed by atoms with Crippen LogP contribution in [-0.4, -0.2) is 40.1 Å². The van der Waals surface area contributed by atoms with Gasteiger partial charge >= 0.3 is 0 Å². The zero-order valence-corrected chi connectivity index (χ0v) is 18.2. The van der Waals surface area contributed by atoms with Gasteiger partial charge in [-0.15, -0.1) is 0 Å². The zero-order chi connectivity index (χ0) is 22.4. The number of amides is 1. The number of hydrogen-bond acceptors (Lipinski definition) is 6. The highest BCUT2D eigenvalue weighted by Gasteiger charge is 2.30. The third-order valence-electron chi connectivity index (χ3n) is 4.46. The molecular formula is C22H23N3O5S. The molecule has 0 fully saturated rings. The van der Waals surface area contributed by atoms with Gasteiger partial charge < -0.3 is 14.8 Å². The van der Waals surface area contributed by atoms with E-state index >= 15 is 0 Å². The van der Waals surface area contributed by atoms with E-state index in [2.05, 4.69) is 10.3 Å². The minimum Gasteiger partial charge on any atom is -0.497 e. The van der Waals surface area contributed by atoms with Crippen molar-refractivity contribution in [2.75, 3.05) is 30.4 Å². The van der Waals surface area contributed by atoms with Gasteiger partial charge in [0.1, 0.15) is 18.0 Å². The van der Waals surface area contributed by atoms with Crippen molar-refractivity contribution in [2.24, 2.45) is 0 Å². The van der Waals surface area contributed by atoms with Crippen LogP contribution in [0.3, 0.4) is 0 Å². The fourth-order valence-electron chi connectivity index (χ4n) is 2.96. The average molecular weight is 442 g/mol. The first kappa shape index (κ1) is 22.1. The number of methoxy groups -OCH3 is 2. The maximum Gasteiger partial charge on any atom is 0.264 e. The molecule has 1 heterocycles. The minimum absolute atomic E-state index is 0.0616. The van der Waals surface area contributed by atoms with Crippen molar-refractivity contribution in [2.45, 2.75) is 11.8 Å². The van der Waals surface area contributed by atoms with Gasteiger partial charge in [-0.05, 0) is 48.9 Å². The number of pyridine rings is 1. The maximum absolute atomic E-state index is 13.6. The number of nitrogens with zero attached hydrogens (tertiary/aromatic N) is 2. The molecule has 3 aromatic rings. The lowest BCUT2D eigenvalue weighted by Crippen LogP contribution is -2.38. The number of carbonyl (C=O) groups excluding carboxylic acids is 1. The molecule has 0 bridgehead atoms. The van der Waals surface area contributed by atoms with E-state index in [1.54, 1.807) is 55.6 Å². The van der Waals surface area contributed by atoms with E-state index in [0.29, 0.717) is 11.4 Å². The normalized spacial score (nSPS) is 10.9. The number of aryl methyl sites for hydroxylation is 1. The molecule has 31 heavy (non-hydrogen) atoms. The van der Waals surface area contributed by atoms with Crippen molar-refractivity contribution < 1.29 is 22.7 Å². The molecule has 0 aliphatic rings. The van der Waals surface area contributed by atoms with E-state index in [-0.39, 0.29) is 16.3 Å². The molecule has 2 aromatic carbocycles. The Hall–Kier alpha value is -3.59. The lowest BCUT2D eigenvalue weighted by atomic mass is 10.2. The summed E-state index contributed by atoms with van der Waals surface area (Å²) in [5.41, 5.74) is 1.42. The molecule has 0 saturated carbocycles. The van der Waals surface area contributed by atoms with Gasteiger partial charge in [-0.2, -0.15) is 0 Å². The van der Waals surface area contributed by atoms with Crippen LogP contribution < -0.4 is 19.1 Å². The van der Waals surface area contributed by atoms with Gasteiger partial charge in [0.05, 0.1) is 36.7 Å². The predicted molar refractivity (Wildman–Crippen MR) is 118 cm³/mol. The van der Waals surface area contributed by atoms with Crippen molar-refractivity contribution in [3.63, 3.8) is 0 Å². The summed E-state index contributed by atoms with van der Waals surface area (Å²) in [6.45, 7) is 1.32. The van der Waals surface area contributed by atoms with Gasteiger partial charge in [0.25, 0.3) is 10.0 Å². The SMILES string of the molecule is COc1ccc(OC)c(N(CC(=O)Nc2cccnc2)S(=O)(=O)c2cccc(C)c2)c1. The highest BCUT2D eigenvalue weighted by molar-refractivity contribution is 7.92. The quantitative estimate of drug-likeness (QED) is 0.576. The minimum atomic E-state index is -4.10. The molecule has 0 saturated heterocycles. The summed E-state index contributed by atoms with van der Waals surface area (Å²) in [6.07, 6.45) is 3.05. The number of ether oxygens (including phenoxy) is 2. The summed E-state index contributed by atoms with van der Waals surface area (Å²) in [7, 11) is -1.20. The first-order chi connectivity index (χ1) is 14.8. The fourth-order valence-corrected chi connectivity index (χ4v) is 4.49. The van der Waals surface area contributed by atoms with E-state index in [4.69, 9.17) is 9.47 Å². The Labute approximate surface area is 181 Å². The Balaban J connectivity index is 2.07. The highest BCUT2D eigenvalue weighted by Crippen LogP contribution is 2.35. The Morgan fingerprint density at radius 2 is 1.87 bits per heavy atom. The molecule has 162 valence electrons. The lowest BCUT2D eigenvalue weighted by Gasteiger charge is -2.26. The Morgan fingerprint density at radius 1 is 1.06 bits per heavy atom. The molecule has 1 aromatic heterocycles. The highest BCUT2D eigenvalue weighted by atomic mass is 32.2. The standard InChI is InChI=1S/C22H23N3O5S/c1-16-6-4-8-19(12-16)31(27,28)25(15-22(26)24-17-7-5-11-23-14-17)20-13-18(29-2)9-10-21(20)30-3/h4-14H,15H2,1-3H3,(H,24,26). The maximum atomic E-state index is 13.6. The van der Waals surface area contributed by atoms with Crippen LogP contribution in [0.1, 0.15) is 5.56 Å². The molecule has 0 radical (unpaired) electrons. The third kappa shape index (κ3) is 5.13. The first-order valence-corrected chi connectivity index (χ1v) is 10.8. The molecule has 0 spiro atoms. The van der Waals surface area contributed by atoms with Crippen LogP contribution >= 0.6 is 0 Å². The number of carbonyl (C=O) groups is 1. The topological polar surface area (TPSA) is 97.8 Å². The van der Waals surface area contributed by atoms with Crippen molar-refractivity contribution in [1.82, 2.24) is 4.98 Å². The number of sulfonamides is 1.